The van der Waals surface area contributed by atoms with E-state index in [2.05, 4.69) is 12.2 Å². The van der Waals surface area contributed by atoms with Crippen molar-refractivity contribution in [3.05, 3.63) is 0 Å². The van der Waals surface area contributed by atoms with Crippen molar-refractivity contribution in [2.75, 3.05) is 6.54 Å². The number of rotatable bonds is 0. The van der Waals surface area contributed by atoms with Crippen LogP contribution < -0.4 is 5.32 Å². The van der Waals surface area contributed by atoms with Crippen LogP contribution in [0.2, 0.25) is 0 Å². The Hall–Kier alpha value is -0.0400. The molecule has 0 aromatic heterocycles. The van der Waals surface area contributed by atoms with Crippen LogP contribution in [0, 0.1) is 0 Å². The first kappa shape index (κ1) is 6.09. The average molecular weight is 112 g/mol. The minimum atomic E-state index is 0.650. The summed E-state index contributed by atoms with van der Waals surface area (Å²) in [5, 5.41) is 4.42. The van der Waals surface area contributed by atoms with Crippen LogP contribution >= 0.6 is 0 Å². The van der Waals surface area contributed by atoms with Crippen LogP contribution in [0.4, 0.5) is 0 Å². The van der Waals surface area contributed by atoms with Gasteiger partial charge in [0.15, 0.2) is 0 Å². The van der Waals surface area contributed by atoms with Gasteiger partial charge in [-0.3, -0.25) is 0 Å². The van der Waals surface area contributed by atoms with Crippen molar-refractivity contribution in [1.29, 1.82) is 0 Å². The molecule has 0 spiro atoms. The monoisotopic (exact) mass is 112 g/mol. The highest BCUT2D eigenvalue weighted by Crippen LogP contribution is 2.07. The third kappa shape index (κ3) is 1.83. The first-order chi connectivity index (χ1) is 3.89. The van der Waals surface area contributed by atoms with Crippen LogP contribution in [0.25, 0.3) is 0 Å². The lowest BCUT2D eigenvalue weighted by molar-refractivity contribution is 0.540. The SMILES string of the molecule is CC1CCCCC[N]1. The van der Waals surface area contributed by atoms with Crippen molar-refractivity contribution in [3.63, 3.8) is 0 Å². The van der Waals surface area contributed by atoms with Gasteiger partial charge in [-0.05, 0) is 19.8 Å². The maximum atomic E-state index is 4.42. The van der Waals surface area contributed by atoms with Gasteiger partial charge in [0.2, 0.25) is 0 Å². The fourth-order valence-corrected chi connectivity index (χ4v) is 1.13. The summed E-state index contributed by atoms with van der Waals surface area (Å²) < 4.78 is 0. The van der Waals surface area contributed by atoms with Crippen LogP contribution in [0.1, 0.15) is 32.6 Å². The molecule has 1 fully saturated rings. The van der Waals surface area contributed by atoms with Crippen LogP contribution in [-0.4, -0.2) is 12.6 Å². The Labute approximate surface area is 51.5 Å². The van der Waals surface area contributed by atoms with Crippen LogP contribution in [-0.2, 0) is 0 Å². The molecular formula is C7H14N. The minimum absolute atomic E-state index is 0.650. The molecular weight excluding hydrogens is 98.1 g/mol. The van der Waals surface area contributed by atoms with E-state index in [9.17, 15) is 0 Å². The summed E-state index contributed by atoms with van der Waals surface area (Å²) in [4.78, 5) is 0. The number of hydrogen-bond acceptors (Lipinski definition) is 0. The molecule has 1 heteroatoms. The van der Waals surface area contributed by atoms with Gasteiger partial charge in [0.1, 0.15) is 0 Å². The molecule has 47 valence electrons. The molecule has 1 nitrogen and oxygen atoms in total. The second-order valence-corrected chi connectivity index (χ2v) is 2.60. The van der Waals surface area contributed by atoms with Crippen molar-refractivity contribution in [2.24, 2.45) is 0 Å². The fourth-order valence-electron chi connectivity index (χ4n) is 1.13. The Kier molecular flexibility index (Phi) is 2.34. The predicted molar refractivity (Wildman–Crippen MR) is 34.9 cm³/mol. The fraction of sp³-hybridized carbons (Fsp3) is 1.00. The largest absolute Gasteiger partial charge is 0.239 e. The summed E-state index contributed by atoms with van der Waals surface area (Å²) in [6.45, 7) is 3.33. The van der Waals surface area contributed by atoms with Crippen LogP contribution in [0.15, 0.2) is 0 Å². The summed E-state index contributed by atoms with van der Waals surface area (Å²) in [5.41, 5.74) is 0. The second-order valence-electron chi connectivity index (χ2n) is 2.60. The molecule has 1 aliphatic heterocycles. The second kappa shape index (κ2) is 3.08. The summed E-state index contributed by atoms with van der Waals surface area (Å²) in [6, 6.07) is 0.650. The molecule has 0 saturated carbocycles. The van der Waals surface area contributed by atoms with Gasteiger partial charge in [0.05, 0.1) is 0 Å². The predicted octanol–water partition coefficient (Wildman–Crippen LogP) is 1.55. The highest BCUT2D eigenvalue weighted by Gasteiger charge is 2.05. The van der Waals surface area contributed by atoms with Crippen molar-refractivity contribution in [3.8, 4) is 0 Å². The maximum absolute atomic E-state index is 4.42. The van der Waals surface area contributed by atoms with E-state index in [1.54, 1.807) is 0 Å². The Morgan fingerprint density at radius 1 is 1.25 bits per heavy atom. The molecule has 0 bridgehead atoms. The van der Waals surface area contributed by atoms with Crippen LogP contribution in [0.3, 0.4) is 0 Å². The van der Waals surface area contributed by atoms with E-state index in [4.69, 9.17) is 0 Å². The third-order valence-electron chi connectivity index (χ3n) is 1.72. The topological polar surface area (TPSA) is 14.1 Å². The zero-order chi connectivity index (χ0) is 5.82. The van der Waals surface area contributed by atoms with Crippen molar-refractivity contribution >= 4 is 0 Å². The quantitative estimate of drug-likeness (QED) is 0.451. The van der Waals surface area contributed by atoms with E-state index in [1.165, 1.54) is 25.7 Å². The molecule has 0 N–H and O–H groups in total. The molecule has 1 aliphatic rings. The lowest BCUT2D eigenvalue weighted by atomic mass is 10.1. The molecule has 0 amide bonds. The summed E-state index contributed by atoms with van der Waals surface area (Å²) >= 11 is 0. The van der Waals surface area contributed by atoms with Gasteiger partial charge in [-0.15, -0.1) is 0 Å². The van der Waals surface area contributed by atoms with Crippen molar-refractivity contribution < 1.29 is 0 Å². The van der Waals surface area contributed by atoms with E-state index in [-0.39, 0.29) is 0 Å². The summed E-state index contributed by atoms with van der Waals surface area (Å²) in [7, 11) is 0. The van der Waals surface area contributed by atoms with E-state index >= 15 is 0 Å². The summed E-state index contributed by atoms with van der Waals surface area (Å²) in [6.07, 6.45) is 5.43. The van der Waals surface area contributed by atoms with E-state index in [1.807, 2.05) is 0 Å². The molecule has 1 rings (SSSR count). The molecule has 1 atom stereocenters. The highest BCUT2D eigenvalue weighted by atomic mass is 14.9. The molecule has 1 radical (unpaired) electrons. The normalized spacial score (nSPS) is 31.9. The Morgan fingerprint density at radius 2 is 2.12 bits per heavy atom. The van der Waals surface area contributed by atoms with Gasteiger partial charge in [-0.25, -0.2) is 5.32 Å². The maximum Gasteiger partial charge on any atom is 0.0217 e. The lowest BCUT2D eigenvalue weighted by Gasteiger charge is -2.03. The standard InChI is InChI=1S/C7H14N/c1-7-5-3-2-4-6-8-7/h7H,2-6H2,1H3. The van der Waals surface area contributed by atoms with Gasteiger partial charge in [0.25, 0.3) is 0 Å². The molecule has 1 heterocycles. The molecule has 0 aromatic rings. The smallest absolute Gasteiger partial charge is 0.0217 e. The molecule has 1 unspecified atom stereocenters. The molecule has 0 aromatic carbocycles. The first-order valence-corrected chi connectivity index (χ1v) is 3.56. The van der Waals surface area contributed by atoms with E-state index in [0.29, 0.717) is 6.04 Å². The van der Waals surface area contributed by atoms with E-state index < -0.39 is 0 Å². The molecule has 1 saturated heterocycles. The average Bonchev–Trinajstić information content (AvgIpc) is 1.94. The zero-order valence-corrected chi connectivity index (χ0v) is 5.56. The summed E-state index contributed by atoms with van der Waals surface area (Å²) in [5.74, 6) is 0. The zero-order valence-electron chi connectivity index (χ0n) is 5.56. The Morgan fingerprint density at radius 3 is 3.00 bits per heavy atom. The van der Waals surface area contributed by atoms with Gasteiger partial charge < -0.3 is 0 Å². The first-order valence-electron chi connectivity index (χ1n) is 3.56. The number of nitrogens with zero attached hydrogens (tertiary/aromatic N) is 1. The minimum Gasteiger partial charge on any atom is -0.239 e. The van der Waals surface area contributed by atoms with Crippen molar-refractivity contribution in [1.82, 2.24) is 5.32 Å². The highest BCUT2D eigenvalue weighted by molar-refractivity contribution is 4.63. The van der Waals surface area contributed by atoms with Gasteiger partial charge >= 0.3 is 0 Å². The molecule has 0 aliphatic carbocycles. The van der Waals surface area contributed by atoms with E-state index in [0.717, 1.165) is 6.54 Å². The van der Waals surface area contributed by atoms with Crippen molar-refractivity contribution in [2.45, 2.75) is 38.6 Å². The Balaban J connectivity index is 2.17. The van der Waals surface area contributed by atoms with Crippen LogP contribution in [0.5, 0.6) is 0 Å². The molecule has 8 heavy (non-hydrogen) atoms. The number of hydrogen-bond donors (Lipinski definition) is 0. The van der Waals surface area contributed by atoms with Gasteiger partial charge in [-0.1, -0.05) is 12.8 Å². The van der Waals surface area contributed by atoms with Gasteiger partial charge in [0, 0.05) is 12.6 Å². The Bertz CT molecular complexity index is 53.4. The van der Waals surface area contributed by atoms with Gasteiger partial charge in [-0.2, -0.15) is 0 Å². The lowest BCUT2D eigenvalue weighted by Crippen LogP contribution is -2.16. The third-order valence-corrected chi connectivity index (χ3v) is 1.72.